The van der Waals surface area contributed by atoms with Gasteiger partial charge in [-0.2, -0.15) is 0 Å². The normalized spacial score (nSPS) is 14.3. The second-order valence-corrected chi connectivity index (χ2v) is 32.6. The van der Waals surface area contributed by atoms with E-state index in [0.29, 0.717) is 25.7 Å². The van der Waals surface area contributed by atoms with Crippen molar-refractivity contribution in [2.75, 3.05) is 39.6 Å². The molecule has 6 atom stereocenters. The van der Waals surface area contributed by atoms with Gasteiger partial charge < -0.3 is 33.8 Å². The highest BCUT2D eigenvalue weighted by atomic mass is 31.2. The maximum atomic E-state index is 13.1. The van der Waals surface area contributed by atoms with Gasteiger partial charge in [0.1, 0.15) is 19.3 Å². The van der Waals surface area contributed by atoms with Crippen LogP contribution < -0.4 is 0 Å². The molecule has 0 bridgehead atoms. The van der Waals surface area contributed by atoms with Gasteiger partial charge in [0.15, 0.2) is 12.2 Å². The number of phosphoric acid groups is 2. The first kappa shape index (κ1) is 96.1. The number of hydrogen-bond donors (Lipinski definition) is 3. The fraction of sp³-hybridized carbons (Fsp3) is 0.949. The van der Waals surface area contributed by atoms with Gasteiger partial charge in [0, 0.05) is 25.7 Å². The maximum Gasteiger partial charge on any atom is 0.472 e. The smallest absolute Gasteiger partial charge is 0.462 e. The molecular weight excluding hydrogens is 1280 g/mol. The quantitative estimate of drug-likeness (QED) is 0.0222. The Labute approximate surface area is 600 Å². The van der Waals surface area contributed by atoms with Crippen molar-refractivity contribution in [1.29, 1.82) is 0 Å². The molecule has 0 spiro atoms. The molecule has 0 aromatic rings. The Kier molecular flexibility index (Phi) is 68.1. The first-order chi connectivity index (χ1) is 47.3. The lowest BCUT2D eigenvalue weighted by Gasteiger charge is -2.21. The molecule has 0 radical (unpaired) electrons. The summed E-state index contributed by atoms with van der Waals surface area (Å²) in [7, 11) is -9.91. The number of rotatable bonds is 77. The molecule has 0 fully saturated rings. The molecule has 0 amide bonds. The Morgan fingerprint density at radius 1 is 0.296 bits per heavy atom. The average Bonchev–Trinajstić information content (AvgIpc) is 0.974. The second kappa shape index (κ2) is 69.4. The Balaban J connectivity index is 5.23. The van der Waals surface area contributed by atoms with Gasteiger partial charge in [0.25, 0.3) is 0 Å². The zero-order chi connectivity index (χ0) is 72.3. The number of unbranched alkanes of at least 4 members (excludes halogenated alkanes) is 44. The molecule has 3 N–H and O–H groups in total. The van der Waals surface area contributed by atoms with Crippen LogP contribution in [0.15, 0.2) is 0 Å². The second-order valence-electron chi connectivity index (χ2n) is 29.6. The number of phosphoric ester groups is 2. The maximum absolute atomic E-state index is 13.1. The van der Waals surface area contributed by atoms with E-state index in [9.17, 15) is 43.2 Å². The van der Waals surface area contributed by atoms with Gasteiger partial charge in [-0.25, -0.2) is 9.13 Å². The van der Waals surface area contributed by atoms with E-state index in [2.05, 4.69) is 48.5 Å². The summed E-state index contributed by atoms with van der Waals surface area (Å²) in [5, 5.41) is 10.6. The van der Waals surface area contributed by atoms with Crippen LogP contribution in [-0.2, 0) is 65.4 Å². The minimum absolute atomic E-state index is 0.106. The summed E-state index contributed by atoms with van der Waals surface area (Å²) in [6.45, 7) is 12.0. The van der Waals surface area contributed by atoms with Crippen LogP contribution in [0.4, 0.5) is 0 Å². The van der Waals surface area contributed by atoms with Crippen molar-refractivity contribution in [3.8, 4) is 0 Å². The summed E-state index contributed by atoms with van der Waals surface area (Å²) in [6, 6.07) is 0. The van der Waals surface area contributed by atoms with E-state index < -0.39 is 97.5 Å². The minimum Gasteiger partial charge on any atom is -0.462 e. The van der Waals surface area contributed by atoms with E-state index in [1.54, 1.807) is 0 Å². The van der Waals surface area contributed by atoms with Crippen LogP contribution in [-0.4, -0.2) is 96.7 Å². The van der Waals surface area contributed by atoms with Gasteiger partial charge >= 0.3 is 39.5 Å². The van der Waals surface area contributed by atoms with E-state index in [4.69, 9.17) is 37.0 Å². The third kappa shape index (κ3) is 71.1. The third-order valence-corrected chi connectivity index (χ3v) is 20.6. The van der Waals surface area contributed by atoms with Crippen LogP contribution in [0.1, 0.15) is 408 Å². The van der Waals surface area contributed by atoms with E-state index in [-0.39, 0.29) is 25.7 Å². The lowest BCUT2D eigenvalue weighted by atomic mass is 9.99. The molecule has 0 heterocycles. The summed E-state index contributed by atoms with van der Waals surface area (Å²) < 4.78 is 68.6. The largest absolute Gasteiger partial charge is 0.472 e. The first-order valence-corrected chi connectivity index (χ1v) is 43.9. The van der Waals surface area contributed by atoms with Crippen LogP contribution in [0.3, 0.4) is 0 Å². The summed E-state index contributed by atoms with van der Waals surface area (Å²) in [6.07, 6.45) is 56.8. The molecule has 17 nitrogen and oxygen atoms in total. The van der Waals surface area contributed by atoms with Crippen molar-refractivity contribution in [2.24, 2.45) is 17.8 Å². The number of aliphatic hydroxyl groups is 1. The third-order valence-electron chi connectivity index (χ3n) is 18.7. The van der Waals surface area contributed by atoms with Crippen molar-refractivity contribution < 1.29 is 80.2 Å². The number of carbonyl (C=O) groups excluding carboxylic acids is 4. The summed E-state index contributed by atoms with van der Waals surface area (Å²) in [5.74, 6) is 0.290. The van der Waals surface area contributed by atoms with Gasteiger partial charge in [0.05, 0.1) is 26.4 Å². The standard InChI is InChI=1S/C79H154O17P2/c1-8-10-11-12-13-29-39-46-53-60-76(81)89-66-74(96-79(84)63-56-49-42-35-28-27-31-37-44-51-58-71(5)6)68-93-97(85,86)91-64-73(80)65-92-98(87,88)94-69-75(95-78(83)62-55-48-41-34-26-22-16-14-15-19-23-30-36-43-50-57-70(3)4)67-90-77(82)61-54-47-40-33-25-21-18-17-20-24-32-38-45-52-59-72(7)9-2/h70-75,80H,8-69H2,1-7H3,(H,85,86)(H,87,88)/t72?,73-,74+,75+/m0/s1. The molecule has 0 aromatic heterocycles. The lowest BCUT2D eigenvalue weighted by molar-refractivity contribution is -0.161. The molecule has 19 heteroatoms. The van der Waals surface area contributed by atoms with Crippen LogP contribution in [0.25, 0.3) is 0 Å². The van der Waals surface area contributed by atoms with Crippen LogP contribution >= 0.6 is 15.6 Å². The van der Waals surface area contributed by atoms with E-state index in [1.807, 2.05) is 0 Å². The first-order valence-electron chi connectivity index (χ1n) is 40.9. The number of carbonyl (C=O) groups is 4. The number of aliphatic hydroxyl groups excluding tert-OH is 1. The van der Waals surface area contributed by atoms with Crippen LogP contribution in [0, 0.1) is 17.8 Å². The van der Waals surface area contributed by atoms with Crippen molar-refractivity contribution >= 4 is 39.5 Å². The van der Waals surface area contributed by atoms with Gasteiger partial charge in [-0.15, -0.1) is 0 Å². The van der Waals surface area contributed by atoms with E-state index >= 15 is 0 Å². The summed E-state index contributed by atoms with van der Waals surface area (Å²) in [4.78, 5) is 72.9. The zero-order valence-electron chi connectivity index (χ0n) is 64.3. The number of ether oxygens (including phenoxy) is 4. The van der Waals surface area contributed by atoms with Gasteiger partial charge in [-0.3, -0.25) is 37.3 Å². The molecule has 0 aliphatic heterocycles. The van der Waals surface area contributed by atoms with Crippen molar-refractivity contribution in [1.82, 2.24) is 0 Å². The highest BCUT2D eigenvalue weighted by molar-refractivity contribution is 7.47. The summed E-state index contributed by atoms with van der Waals surface area (Å²) in [5.41, 5.74) is 0. The average molecular weight is 1440 g/mol. The molecule has 582 valence electrons. The fourth-order valence-corrected chi connectivity index (χ4v) is 13.7. The van der Waals surface area contributed by atoms with Crippen LogP contribution in [0.2, 0.25) is 0 Å². The summed E-state index contributed by atoms with van der Waals surface area (Å²) >= 11 is 0. The van der Waals surface area contributed by atoms with Crippen LogP contribution in [0.5, 0.6) is 0 Å². The highest BCUT2D eigenvalue weighted by Gasteiger charge is 2.30. The number of hydrogen-bond acceptors (Lipinski definition) is 15. The molecule has 0 aromatic carbocycles. The monoisotopic (exact) mass is 1440 g/mol. The van der Waals surface area contributed by atoms with Gasteiger partial charge in [-0.1, -0.05) is 357 Å². The molecule has 0 rings (SSSR count). The molecule has 3 unspecified atom stereocenters. The van der Waals surface area contributed by atoms with Crippen molar-refractivity contribution in [2.45, 2.75) is 426 Å². The zero-order valence-corrected chi connectivity index (χ0v) is 66.0. The van der Waals surface area contributed by atoms with Crippen molar-refractivity contribution in [3.63, 3.8) is 0 Å². The molecule has 98 heavy (non-hydrogen) atoms. The van der Waals surface area contributed by atoms with Gasteiger partial charge in [-0.05, 0) is 43.4 Å². The number of esters is 4. The Morgan fingerprint density at radius 3 is 0.776 bits per heavy atom. The SMILES string of the molecule is CCCCCCCCCCCC(=O)OC[C@H](COP(=O)(O)OC[C@H](O)COP(=O)(O)OC[C@@H](COC(=O)CCCCCCCCCCCCCCCCC(C)CC)OC(=O)CCCCCCCCCCCCCCCCCC(C)C)OC(=O)CCCCCCCCCCCCC(C)C. The molecular formula is C79H154O17P2. The van der Waals surface area contributed by atoms with Crippen molar-refractivity contribution in [3.05, 3.63) is 0 Å². The molecule has 0 aliphatic rings. The predicted octanol–water partition coefficient (Wildman–Crippen LogP) is 23.4. The lowest BCUT2D eigenvalue weighted by Crippen LogP contribution is -2.30. The van der Waals surface area contributed by atoms with E-state index in [1.165, 1.54) is 218 Å². The fourth-order valence-electron chi connectivity index (χ4n) is 12.1. The Bertz CT molecular complexity index is 1910. The minimum atomic E-state index is -4.96. The molecule has 0 saturated carbocycles. The Hall–Kier alpha value is -1.94. The molecule has 0 aliphatic carbocycles. The molecule has 0 saturated heterocycles. The topological polar surface area (TPSA) is 237 Å². The van der Waals surface area contributed by atoms with E-state index in [0.717, 1.165) is 108 Å². The van der Waals surface area contributed by atoms with Gasteiger partial charge in [0.2, 0.25) is 0 Å². The Morgan fingerprint density at radius 2 is 0.520 bits per heavy atom. The highest BCUT2D eigenvalue weighted by Crippen LogP contribution is 2.45. The predicted molar refractivity (Wildman–Crippen MR) is 400 cm³/mol.